The molecule has 3 heteroatoms. The second-order valence-electron chi connectivity index (χ2n) is 7.63. The minimum absolute atomic E-state index is 0.00652. The molecule has 0 radical (unpaired) electrons. The lowest BCUT2D eigenvalue weighted by atomic mass is 9.86. The summed E-state index contributed by atoms with van der Waals surface area (Å²) in [4.78, 5) is 23.3. The van der Waals surface area contributed by atoms with Crippen LogP contribution in [0, 0.1) is 0 Å². The van der Waals surface area contributed by atoms with Gasteiger partial charge in [-0.25, -0.2) is 0 Å². The highest BCUT2D eigenvalue weighted by molar-refractivity contribution is 6.07. The van der Waals surface area contributed by atoms with Crippen LogP contribution >= 0.6 is 0 Å². The van der Waals surface area contributed by atoms with Gasteiger partial charge < -0.3 is 5.11 Å². The molecule has 0 saturated heterocycles. The van der Waals surface area contributed by atoms with Gasteiger partial charge in [0, 0.05) is 16.7 Å². The number of Topliss-reactive ketones (excluding diaryl/α,β-unsaturated/α-hetero) is 2. The minimum atomic E-state index is -1.18. The first-order valence-corrected chi connectivity index (χ1v) is 9.60. The number of fused-ring (bicyclic) bond motifs is 1. The number of hydrogen-bond acceptors (Lipinski definition) is 3. The summed E-state index contributed by atoms with van der Waals surface area (Å²) in [6.07, 6.45) is 0. The van der Waals surface area contributed by atoms with E-state index in [4.69, 9.17) is 0 Å². The Bertz CT molecular complexity index is 1150. The Labute approximate surface area is 170 Å². The molecule has 3 aromatic carbocycles. The average Bonchev–Trinajstić information content (AvgIpc) is 2.95. The van der Waals surface area contributed by atoms with Gasteiger partial charge >= 0.3 is 0 Å². The molecule has 0 aromatic heterocycles. The Morgan fingerprint density at radius 1 is 0.724 bits per heavy atom. The Hall–Kier alpha value is -3.30. The van der Waals surface area contributed by atoms with Crippen LogP contribution in [0.5, 0.6) is 0 Å². The molecule has 0 spiro atoms. The zero-order valence-corrected chi connectivity index (χ0v) is 16.7. The van der Waals surface area contributed by atoms with E-state index in [2.05, 4.69) is 0 Å². The highest BCUT2D eigenvalue weighted by Crippen LogP contribution is 2.51. The van der Waals surface area contributed by atoms with Crippen molar-refractivity contribution in [1.29, 1.82) is 0 Å². The second-order valence-corrected chi connectivity index (χ2v) is 7.63. The molecule has 0 amide bonds. The molecule has 0 heterocycles. The largest absolute Gasteiger partial charge is 0.381 e. The van der Waals surface area contributed by atoms with Gasteiger partial charge in [-0.3, -0.25) is 9.59 Å². The lowest BCUT2D eigenvalue weighted by molar-refractivity contribution is 0.100. The van der Waals surface area contributed by atoms with E-state index in [1.807, 2.05) is 60.7 Å². The van der Waals surface area contributed by atoms with E-state index in [9.17, 15) is 14.7 Å². The lowest BCUT2D eigenvalue weighted by Gasteiger charge is -2.24. The standard InChI is InChI=1S/C26H22O3/c1-16(27)18-8-12-20(13-9-18)24-22-6-4-5-7-23(22)26(3,29)25(24)21-14-10-19(11-15-21)17(2)28/h4-15,29H,1-3H3. The number of aliphatic hydroxyl groups is 1. The number of carbonyl (C=O) groups is 2. The Kier molecular flexibility index (Phi) is 4.56. The van der Waals surface area contributed by atoms with Crippen LogP contribution in [0.15, 0.2) is 72.8 Å². The van der Waals surface area contributed by atoms with E-state index in [0.29, 0.717) is 11.1 Å². The molecule has 0 fully saturated rings. The van der Waals surface area contributed by atoms with Crippen molar-refractivity contribution in [2.75, 3.05) is 0 Å². The molecule has 3 nitrogen and oxygen atoms in total. The van der Waals surface area contributed by atoms with Gasteiger partial charge in [-0.2, -0.15) is 0 Å². The van der Waals surface area contributed by atoms with Crippen LogP contribution in [0.2, 0.25) is 0 Å². The van der Waals surface area contributed by atoms with E-state index in [-0.39, 0.29) is 11.6 Å². The normalized spacial score (nSPS) is 17.9. The smallest absolute Gasteiger partial charge is 0.159 e. The van der Waals surface area contributed by atoms with Crippen molar-refractivity contribution in [3.63, 3.8) is 0 Å². The summed E-state index contributed by atoms with van der Waals surface area (Å²) in [6, 6.07) is 22.7. The summed E-state index contributed by atoms with van der Waals surface area (Å²) >= 11 is 0. The molecule has 29 heavy (non-hydrogen) atoms. The van der Waals surface area contributed by atoms with E-state index in [1.54, 1.807) is 26.0 Å². The molecule has 1 N–H and O–H groups in total. The number of rotatable bonds is 4. The Morgan fingerprint density at radius 3 is 1.72 bits per heavy atom. The van der Waals surface area contributed by atoms with Crippen LogP contribution in [0.4, 0.5) is 0 Å². The highest BCUT2D eigenvalue weighted by atomic mass is 16.3. The molecular weight excluding hydrogens is 360 g/mol. The number of ketones is 2. The lowest BCUT2D eigenvalue weighted by Crippen LogP contribution is -2.20. The number of benzene rings is 3. The fraction of sp³-hybridized carbons (Fsp3) is 0.154. The predicted molar refractivity (Wildman–Crippen MR) is 115 cm³/mol. The SMILES string of the molecule is CC(=O)c1ccc(C2=C(c3ccc(C(C)=O)cc3)C(C)(O)c3ccccc32)cc1. The molecule has 1 atom stereocenters. The summed E-state index contributed by atoms with van der Waals surface area (Å²) in [7, 11) is 0. The number of carbonyl (C=O) groups excluding carboxylic acids is 2. The van der Waals surface area contributed by atoms with Gasteiger partial charge in [0.2, 0.25) is 0 Å². The van der Waals surface area contributed by atoms with Crippen molar-refractivity contribution >= 4 is 22.7 Å². The van der Waals surface area contributed by atoms with Crippen LogP contribution in [0.1, 0.15) is 63.7 Å². The summed E-state index contributed by atoms with van der Waals surface area (Å²) < 4.78 is 0. The highest BCUT2D eigenvalue weighted by Gasteiger charge is 2.40. The quantitative estimate of drug-likeness (QED) is 0.625. The van der Waals surface area contributed by atoms with E-state index >= 15 is 0 Å². The van der Waals surface area contributed by atoms with Gasteiger partial charge in [-0.1, -0.05) is 72.8 Å². The Balaban J connectivity index is 1.97. The van der Waals surface area contributed by atoms with Gasteiger partial charge in [0.05, 0.1) is 0 Å². The van der Waals surface area contributed by atoms with Gasteiger partial charge in [-0.05, 0) is 48.6 Å². The van der Waals surface area contributed by atoms with E-state index in [1.165, 1.54) is 6.92 Å². The second kappa shape index (κ2) is 6.94. The third-order valence-corrected chi connectivity index (χ3v) is 5.62. The molecular formula is C26H22O3. The van der Waals surface area contributed by atoms with Crippen molar-refractivity contribution in [1.82, 2.24) is 0 Å². The fourth-order valence-electron chi connectivity index (χ4n) is 4.11. The predicted octanol–water partition coefficient (Wildman–Crippen LogP) is 5.27. The van der Waals surface area contributed by atoms with Crippen LogP contribution < -0.4 is 0 Å². The van der Waals surface area contributed by atoms with Gasteiger partial charge in [-0.15, -0.1) is 0 Å². The molecule has 0 aliphatic heterocycles. The summed E-state index contributed by atoms with van der Waals surface area (Å²) in [5.74, 6) is 0.0245. The maximum Gasteiger partial charge on any atom is 0.159 e. The van der Waals surface area contributed by atoms with Gasteiger partial charge in [0.1, 0.15) is 5.60 Å². The molecule has 3 aromatic rings. The maximum absolute atomic E-state index is 11.7. The van der Waals surface area contributed by atoms with Crippen molar-refractivity contribution in [3.05, 3.63) is 106 Å². The summed E-state index contributed by atoms with van der Waals surface area (Å²) in [5, 5.41) is 11.5. The summed E-state index contributed by atoms with van der Waals surface area (Å²) in [6.45, 7) is 4.89. The topological polar surface area (TPSA) is 54.4 Å². The van der Waals surface area contributed by atoms with Crippen molar-refractivity contribution in [2.24, 2.45) is 0 Å². The molecule has 1 aliphatic carbocycles. The zero-order chi connectivity index (χ0) is 20.8. The third kappa shape index (κ3) is 3.14. The summed E-state index contributed by atoms with van der Waals surface area (Å²) in [5.41, 5.74) is 5.46. The van der Waals surface area contributed by atoms with Gasteiger partial charge in [0.15, 0.2) is 11.6 Å². The van der Waals surface area contributed by atoms with E-state index < -0.39 is 5.60 Å². The number of hydrogen-bond donors (Lipinski definition) is 1. The van der Waals surface area contributed by atoms with Crippen LogP contribution in [-0.4, -0.2) is 16.7 Å². The van der Waals surface area contributed by atoms with Crippen LogP contribution in [-0.2, 0) is 5.60 Å². The van der Waals surface area contributed by atoms with Crippen LogP contribution in [0.3, 0.4) is 0 Å². The van der Waals surface area contributed by atoms with E-state index in [0.717, 1.165) is 33.4 Å². The molecule has 1 aliphatic rings. The molecule has 1 unspecified atom stereocenters. The molecule has 144 valence electrons. The Morgan fingerprint density at radius 2 is 1.21 bits per heavy atom. The monoisotopic (exact) mass is 382 g/mol. The molecule has 4 rings (SSSR count). The third-order valence-electron chi connectivity index (χ3n) is 5.62. The van der Waals surface area contributed by atoms with Crippen LogP contribution in [0.25, 0.3) is 11.1 Å². The fourth-order valence-corrected chi connectivity index (χ4v) is 4.11. The molecule has 0 bridgehead atoms. The first-order valence-electron chi connectivity index (χ1n) is 9.60. The van der Waals surface area contributed by atoms with Crippen molar-refractivity contribution in [3.8, 4) is 0 Å². The molecule has 0 saturated carbocycles. The zero-order valence-electron chi connectivity index (χ0n) is 16.7. The maximum atomic E-state index is 11.7. The first-order chi connectivity index (χ1) is 13.8. The van der Waals surface area contributed by atoms with Crippen molar-refractivity contribution in [2.45, 2.75) is 26.4 Å². The average molecular weight is 382 g/mol. The van der Waals surface area contributed by atoms with Gasteiger partial charge in [0.25, 0.3) is 0 Å². The minimum Gasteiger partial charge on any atom is -0.381 e. The van der Waals surface area contributed by atoms with Crippen molar-refractivity contribution < 1.29 is 14.7 Å². The first kappa shape index (κ1) is 19.0.